The Morgan fingerprint density at radius 2 is 2.05 bits per heavy atom. The molecule has 0 aliphatic carbocycles. The molecule has 0 radical (unpaired) electrons. The van der Waals surface area contributed by atoms with Gasteiger partial charge in [-0.3, -0.25) is 0 Å². The Morgan fingerprint density at radius 3 is 2.67 bits per heavy atom. The molecule has 0 amide bonds. The van der Waals surface area contributed by atoms with Gasteiger partial charge in [-0.25, -0.2) is 9.37 Å². The van der Waals surface area contributed by atoms with Crippen LogP contribution >= 0.6 is 0 Å². The number of aromatic nitrogens is 2. The Balaban J connectivity index is 2.12. The lowest BCUT2D eigenvalue weighted by molar-refractivity contribution is 0.273. The van der Waals surface area contributed by atoms with Crippen molar-refractivity contribution in [2.75, 3.05) is 0 Å². The van der Waals surface area contributed by atoms with Crippen LogP contribution in [0.5, 0.6) is 6.01 Å². The molecule has 1 heterocycles. The van der Waals surface area contributed by atoms with E-state index in [1.165, 1.54) is 12.1 Å². The fourth-order valence-corrected chi connectivity index (χ4v) is 1.70. The van der Waals surface area contributed by atoms with Gasteiger partial charge < -0.3 is 4.74 Å². The summed E-state index contributed by atoms with van der Waals surface area (Å²) in [5.41, 5.74) is 1.38. The van der Waals surface area contributed by atoms with Crippen molar-refractivity contribution in [3.63, 3.8) is 0 Å². The van der Waals surface area contributed by atoms with Crippen LogP contribution in [0.1, 0.15) is 37.6 Å². The van der Waals surface area contributed by atoms with Gasteiger partial charge in [0.25, 0.3) is 0 Å². The monoisotopic (exact) mass is 285 g/mol. The molecule has 4 nitrogen and oxygen atoms in total. The number of nitrogens with zero attached hydrogens (tertiary/aromatic N) is 3. The fraction of sp³-hybridized carbons (Fsp3) is 0.312. The molecule has 2 aromatic rings. The summed E-state index contributed by atoms with van der Waals surface area (Å²) in [6, 6.07) is 8.19. The minimum Gasteiger partial charge on any atom is -0.458 e. The van der Waals surface area contributed by atoms with Gasteiger partial charge in [-0.2, -0.15) is 10.2 Å². The number of nitriles is 1. The molecule has 0 fully saturated rings. The Morgan fingerprint density at radius 1 is 1.29 bits per heavy atom. The van der Waals surface area contributed by atoms with E-state index in [0.717, 1.165) is 5.69 Å². The zero-order valence-electron chi connectivity index (χ0n) is 12.2. The first-order valence-corrected chi connectivity index (χ1v) is 6.55. The van der Waals surface area contributed by atoms with E-state index in [0.29, 0.717) is 5.56 Å². The zero-order valence-corrected chi connectivity index (χ0v) is 12.2. The SMILES string of the molecule is CC(C)(C)c1ccnc(OCc2ccc(C#N)cc2F)n1. The molecule has 108 valence electrons. The number of ether oxygens (including phenoxy) is 1. The Labute approximate surface area is 123 Å². The standard InChI is InChI=1S/C16H16FN3O/c1-16(2,3)14-6-7-19-15(20-14)21-10-12-5-4-11(9-18)8-13(12)17/h4-8H,10H2,1-3H3. The van der Waals surface area contributed by atoms with E-state index in [1.807, 2.05) is 32.9 Å². The first kappa shape index (κ1) is 14.9. The highest BCUT2D eigenvalue weighted by Gasteiger charge is 2.16. The molecule has 21 heavy (non-hydrogen) atoms. The molecule has 2 rings (SSSR count). The summed E-state index contributed by atoms with van der Waals surface area (Å²) in [5, 5.41) is 8.70. The van der Waals surface area contributed by atoms with Gasteiger partial charge in [-0.05, 0) is 18.2 Å². The third-order valence-corrected chi connectivity index (χ3v) is 2.94. The van der Waals surface area contributed by atoms with Gasteiger partial charge in [0.15, 0.2) is 0 Å². The van der Waals surface area contributed by atoms with Gasteiger partial charge in [0.05, 0.1) is 17.3 Å². The summed E-state index contributed by atoms with van der Waals surface area (Å²) in [5.74, 6) is -0.471. The van der Waals surface area contributed by atoms with Crippen LogP contribution in [-0.2, 0) is 12.0 Å². The van der Waals surface area contributed by atoms with Crippen molar-refractivity contribution in [2.24, 2.45) is 0 Å². The van der Waals surface area contributed by atoms with E-state index in [2.05, 4.69) is 9.97 Å². The van der Waals surface area contributed by atoms with Crippen molar-refractivity contribution >= 4 is 0 Å². The first-order chi connectivity index (χ1) is 9.90. The quantitative estimate of drug-likeness (QED) is 0.867. The smallest absolute Gasteiger partial charge is 0.316 e. The molecule has 0 aliphatic heterocycles. The van der Waals surface area contributed by atoms with Crippen LogP contribution < -0.4 is 4.74 Å². The van der Waals surface area contributed by atoms with Gasteiger partial charge in [0.2, 0.25) is 0 Å². The summed E-state index contributed by atoms with van der Waals surface area (Å²) in [6.07, 6.45) is 1.62. The zero-order chi connectivity index (χ0) is 15.5. The third kappa shape index (κ3) is 3.76. The molecule has 5 heteroatoms. The molecule has 0 aliphatic rings. The molecule has 0 saturated heterocycles. The average Bonchev–Trinajstić information content (AvgIpc) is 2.45. The molecule has 1 aromatic heterocycles. The molecule has 0 spiro atoms. The van der Waals surface area contributed by atoms with Crippen LogP contribution in [0.4, 0.5) is 4.39 Å². The number of halogens is 1. The van der Waals surface area contributed by atoms with E-state index in [9.17, 15) is 4.39 Å². The van der Waals surface area contributed by atoms with Crippen LogP contribution in [0.2, 0.25) is 0 Å². The topological polar surface area (TPSA) is 58.8 Å². The van der Waals surface area contributed by atoms with Gasteiger partial charge in [-0.1, -0.05) is 26.8 Å². The van der Waals surface area contributed by atoms with Gasteiger partial charge >= 0.3 is 6.01 Å². The number of hydrogen-bond acceptors (Lipinski definition) is 4. The van der Waals surface area contributed by atoms with Crippen LogP contribution in [0.3, 0.4) is 0 Å². The van der Waals surface area contributed by atoms with Crippen molar-refractivity contribution < 1.29 is 9.13 Å². The number of benzene rings is 1. The molecule has 1 aromatic carbocycles. The summed E-state index contributed by atoms with van der Waals surface area (Å²) in [6.45, 7) is 6.14. The van der Waals surface area contributed by atoms with Crippen LogP contribution in [0.25, 0.3) is 0 Å². The second-order valence-electron chi connectivity index (χ2n) is 5.68. The fourth-order valence-electron chi connectivity index (χ4n) is 1.70. The Kier molecular flexibility index (Phi) is 4.18. The predicted molar refractivity (Wildman–Crippen MR) is 76.2 cm³/mol. The molecule has 0 unspecified atom stereocenters. The molecular formula is C16H16FN3O. The van der Waals surface area contributed by atoms with Crippen molar-refractivity contribution in [1.29, 1.82) is 5.26 Å². The summed E-state index contributed by atoms with van der Waals surface area (Å²) >= 11 is 0. The van der Waals surface area contributed by atoms with E-state index in [-0.39, 0.29) is 23.6 Å². The van der Waals surface area contributed by atoms with Crippen molar-refractivity contribution in [1.82, 2.24) is 9.97 Å². The minimum absolute atomic E-state index is 0.0190. The van der Waals surface area contributed by atoms with E-state index in [4.69, 9.17) is 10.00 Å². The van der Waals surface area contributed by atoms with Crippen LogP contribution in [0.15, 0.2) is 30.5 Å². The lowest BCUT2D eigenvalue weighted by Gasteiger charge is -2.17. The molecule has 0 atom stereocenters. The summed E-state index contributed by atoms with van der Waals surface area (Å²) < 4.78 is 19.2. The van der Waals surface area contributed by atoms with Gasteiger partial charge in [0, 0.05) is 17.2 Å². The Bertz CT molecular complexity index is 687. The summed E-state index contributed by atoms with van der Waals surface area (Å²) in [7, 11) is 0. The minimum atomic E-state index is -0.471. The van der Waals surface area contributed by atoms with E-state index < -0.39 is 5.82 Å². The maximum absolute atomic E-state index is 13.7. The number of hydrogen-bond donors (Lipinski definition) is 0. The molecule has 0 saturated carbocycles. The highest BCUT2D eigenvalue weighted by atomic mass is 19.1. The van der Waals surface area contributed by atoms with Crippen LogP contribution in [-0.4, -0.2) is 9.97 Å². The van der Waals surface area contributed by atoms with Crippen molar-refractivity contribution in [3.05, 3.63) is 53.1 Å². The molecular weight excluding hydrogens is 269 g/mol. The first-order valence-electron chi connectivity index (χ1n) is 6.55. The van der Waals surface area contributed by atoms with Crippen LogP contribution in [0, 0.1) is 17.1 Å². The molecule has 0 N–H and O–H groups in total. The van der Waals surface area contributed by atoms with Gasteiger partial charge in [0.1, 0.15) is 12.4 Å². The lowest BCUT2D eigenvalue weighted by Crippen LogP contribution is -2.14. The van der Waals surface area contributed by atoms with Gasteiger partial charge in [-0.15, -0.1) is 0 Å². The van der Waals surface area contributed by atoms with E-state index in [1.54, 1.807) is 12.3 Å². The average molecular weight is 285 g/mol. The maximum Gasteiger partial charge on any atom is 0.316 e. The van der Waals surface area contributed by atoms with E-state index >= 15 is 0 Å². The third-order valence-electron chi connectivity index (χ3n) is 2.94. The lowest BCUT2D eigenvalue weighted by atomic mass is 9.92. The molecule has 0 bridgehead atoms. The second-order valence-corrected chi connectivity index (χ2v) is 5.68. The predicted octanol–water partition coefficient (Wildman–Crippen LogP) is 3.36. The highest BCUT2D eigenvalue weighted by Crippen LogP contribution is 2.21. The van der Waals surface area contributed by atoms with Crippen molar-refractivity contribution in [2.45, 2.75) is 32.8 Å². The second kappa shape index (κ2) is 5.88. The Hall–Kier alpha value is -2.48. The maximum atomic E-state index is 13.7. The largest absolute Gasteiger partial charge is 0.458 e. The number of rotatable bonds is 3. The summed E-state index contributed by atoms with van der Waals surface area (Å²) in [4.78, 5) is 8.34. The highest BCUT2D eigenvalue weighted by molar-refractivity contribution is 5.32. The van der Waals surface area contributed by atoms with Crippen molar-refractivity contribution in [3.8, 4) is 12.1 Å². The normalized spacial score (nSPS) is 11.0.